The number of hydrogen-bond acceptors (Lipinski definition) is 6. The Kier molecular flexibility index (Phi) is 9.71. The molecule has 5 aromatic rings. The Balaban J connectivity index is 1.32. The van der Waals surface area contributed by atoms with E-state index in [9.17, 15) is 0 Å². The van der Waals surface area contributed by atoms with Gasteiger partial charge < -0.3 is 19.0 Å². The van der Waals surface area contributed by atoms with Gasteiger partial charge in [-0.1, -0.05) is 107 Å². The summed E-state index contributed by atoms with van der Waals surface area (Å²) in [4.78, 5) is 10.2. The number of nitrogens with zero attached hydrogens (tertiary/aromatic N) is 3. The number of likely N-dealkylation sites (N-methyl/N-ethyl adjacent to an activating group) is 1. The van der Waals surface area contributed by atoms with Crippen LogP contribution < -0.4 is 20.0 Å². The normalized spacial score (nSPS) is 15.8. The molecule has 0 N–H and O–H groups in total. The van der Waals surface area contributed by atoms with Crippen molar-refractivity contribution in [3.05, 3.63) is 102 Å². The van der Waals surface area contributed by atoms with Crippen molar-refractivity contribution in [2.75, 3.05) is 37.6 Å². The van der Waals surface area contributed by atoms with Gasteiger partial charge in [-0.3, -0.25) is 0 Å². The molecule has 1 radical (unpaired) electrons. The summed E-state index contributed by atoms with van der Waals surface area (Å²) in [5, 5.41) is 5.83. The fraction of sp³-hybridized carbons (Fsp3) is 0.342. The van der Waals surface area contributed by atoms with Crippen molar-refractivity contribution in [3.8, 4) is 17.0 Å². The first kappa shape index (κ1) is 31.5. The summed E-state index contributed by atoms with van der Waals surface area (Å²) in [7, 11) is -1.57. The summed E-state index contributed by atoms with van der Waals surface area (Å²) >= 11 is 1.78. The van der Waals surface area contributed by atoms with E-state index in [1.165, 1.54) is 20.5 Å². The first-order chi connectivity index (χ1) is 21.8. The van der Waals surface area contributed by atoms with Gasteiger partial charge in [-0.15, -0.1) is 11.3 Å². The van der Waals surface area contributed by atoms with Crippen LogP contribution in [0.15, 0.2) is 102 Å². The van der Waals surface area contributed by atoms with E-state index in [-0.39, 0.29) is 11.3 Å². The van der Waals surface area contributed by atoms with Crippen LogP contribution in [0.25, 0.3) is 21.3 Å². The smallest absolute Gasteiger partial charge is 0.287 e. The molecular weight excluding hydrogens is 591 g/mol. The number of anilines is 1. The molecule has 0 spiro atoms. The van der Waals surface area contributed by atoms with Gasteiger partial charge >= 0.3 is 0 Å². The Morgan fingerprint density at radius 3 is 2.13 bits per heavy atom. The van der Waals surface area contributed by atoms with Crippen molar-refractivity contribution in [2.45, 2.75) is 40.9 Å². The molecule has 2 aromatic heterocycles. The fourth-order valence-corrected chi connectivity index (χ4v) is 8.61. The van der Waals surface area contributed by atoms with E-state index < -0.39 is 15.3 Å². The lowest BCUT2D eigenvalue weighted by Crippen LogP contribution is -2.51. The number of fused-ring (bicyclic) bond motifs is 1. The third-order valence-corrected chi connectivity index (χ3v) is 12.1. The lowest BCUT2D eigenvalue weighted by molar-refractivity contribution is -0.0687. The van der Waals surface area contributed by atoms with Crippen LogP contribution in [0, 0.1) is 11.3 Å². The van der Waals surface area contributed by atoms with Gasteiger partial charge in [-0.25, -0.2) is 4.98 Å². The molecule has 0 bridgehead atoms. The second-order valence-electron chi connectivity index (χ2n) is 12.9. The maximum absolute atomic E-state index is 7.08. The summed E-state index contributed by atoms with van der Waals surface area (Å²) in [5.74, 6) is 2.01. The molecule has 45 heavy (non-hydrogen) atoms. The first-order valence-corrected chi connectivity index (χ1v) is 18.4. The molecule has 5 nitrogen and oxygen atoms in total. The largest absolute Gasteiger partial charge is 0.466 e. The van der Waals surface area contributed by atoms with Crippen molar-refractivity contribution in [3.63, 3.8) is 0 Å². The topological polar surface area (TPSA) is 37.8 Å². The van der Waals surface area contributed by atoms with E-state index in [4.69, 9.17) is 14.1 Å². The molecule has 3 heterocycles. The molecule has 0 saturated carbocycles. The molecule has 6 rings (SSSR count). The number of benzene rings is 3. The third kappa shape index (κ3) is 7.33. The van der Waals surface area contributed by atoms with Gasteiger partial charge in [0.25, 0.3) is 9.04 Å². The zero-order valence-electron chi connectivity index (χ0n) is 27.1. The zero-order chi connectivity index (χ0) is 31.4. The molecule has 1 aliphatic rings. The highest BCUT2D eigenvalue weighted by Crippen LogP contribution is 2.36. The van der Waals surface area contributed by atoms with Crippen LogP contribution in [0.3, 0.4) is 0 Å². The summed E-state index contributed by atoms with van der Waals surface area (Å²) in [5.41, 5.74) is 2.00. The Labute approximate surface area is 274 Å². The number of hydrogen-bond donors (Lipinski definition) is 0. The third-order valence-electron chi connectivity index (χ3n) is 9.01. The second-order valence-corrected chi connectivity index (χ2v) is 15.9. The van der Waals surface area contributed by atoms with Crippen molar-refractivity contribution >= 4 is 46.7 Å². The Hall–Kier alpha value is -3.49. The van der Waals surface area contributed by atoms with Crippen LogP contribution in [-0.4, -0.2) is 57.9 Å². The summed E-state index contributed by atoms with van der Waals surface area (Å²) in [6.45, 7) is 16.5. The van der Waals surface area contributed by atoms with E-state index in [0.717, 1.165) is 55.5 Å². The van der Waals surface area contributed by atoms with Crippen LogP contribution in [-0.2, 0) is 4.43 Å². The molecule has 0 aliphatic carbocycles. The lowest BCUT2D eigenvalue weighted by atomic mass is 9.82. The number of thiophene rings is 1. The maximum atomic E-state index is 7.08. The number of pyridine rings is 1. The molecule has 3 aromatic carbocycles. The minimum absolute atomic E-state index is 0.0227. The number of rotatable bonds is 10. The standard InChI is InChI=1S/C38H44N3O2SSi/c1-6-40-21-23-41(24-22-40)36-33-20-25-44-35(33)27-34(39-36)29-14-13-15-30(26-29)42-37(28(2)38(3,4)5)43-45(31-16-9-7-10-17-31)32-18-11-8-12-19-32/h7-20,25-28,37H,6,21-24H2,1-5H3. The predicted octanol–water partition coefficient (Wildman–Crippen LogP) is 7.31. The minimum atomic E-state index is -1.57. The van der Waals surface area contributed by atoms with E-state index in [2.05, 4.69) is 141 Å². The molecule has 233 valence electrons. The zero-order valence-corrected chi connectivity index (χ0v) is 28.9. The average Bonchev–Trinajstić information content (AvgIpc) is 3.55. The molecule has 0 amide bonds. The quantitative estimate of drug-likeness (QED) is 0.119. The maximum Gasteiger partial charge on any atom is 0.287 e. The summed E-state index contributed by atoms with van der Waals surface area (Å²) in [6.07, 6.45) is -0.437. The highest BCUT2D eigenvalue weighted by Gasteiger charge is 2.34. The lowest BCUT2D eigenvalue weighted by Gasteiger charge is -2.36. The van der Waals surface area contributed by atoms with Gasteiger partial charge in [0.05, 0.1) is 5.69 Å². The summed E-state index contributed by atoms with van der Waals surface area (Å²) in [6, 6.07) is 34.0. The van der Waals surface area contributed by atoms with Crippen LogP contribution in [0.2, 0.25) is 0 Å². The van der Waals surface area contributed by atoms with E-state index in [1.54, 1.807) is 11.3 Å². The summed E-state index contributed by atoms with van der Waals surface area (Å²) < 4.78 is 15.2. The first-order valence-electron chi connectivity index (χ1n) is 16.1. The van der Waals surface area contributed by atoms with E-state index in [1.807, 2.05) is 6.07 Å². The van der Waals surface area contributed by atoms with Crippen LogP contribution in [0.4, 0.5) is 5.82 Å². The average molecular weight is 635 g/mol. The highest BCUT2D eigenvalue weighted by atomic mass is 32.1. The van der Waals surface area contributed by atoms with Gasteiger partial charge in [-0.2, -0.15) is 0 Å². The van der Waals surface area contributed by atoms with Gasteiger partial charge in [0.1, 0.15) is 11.6 Å². The Morgan fingerprint density at radius 2 is 1.51 bits per heavy atom. The molecule has 1 aliphatic heterocycles. The molecular formula is C38H44N3O2SSi. The molecule has 2 atom stereocenters. The SMILES string of the molecule is CCN1CCN(c2nc(-c3cccc(OC(O[Si](c4ccccc4)c4ccccc4)C(C)C(C)(C)C)c3)cc3sccc23)CC1. The Morgan fingerprint density at radius 1 is 0.844 bits per heavy atom. The molecule has 2 unspecified atom stereocenters. The van der Waals surface area contributed by atoms with E-state index >= 15 is 0 Å². The second kappa shape index (κ2) is 13.9. The van der Waals surface area contributed by atoms with Crippen molar-refractivity contribution in [2.24, 2.45) is 11.3 Å². The van der Waals surface area contributed by atoms with E-state index in [0.29, 0.717) is 0 Å². The van der Waals surface area contributed by atoms with Crippen molar-refractivity contribution < 1.29 is 9.16 Å². The highest BCUT2D eigenvalue weighted by molar-refractivity contribution is 7.17. The minimum Gasteiger partial charge on any atom is -0.466 e. The number of ether oxygens (including phenoxy) is 1. The van der Waals surface area contributed by atoms with Gasteiger partial charge in [0.15, 0.2) is 6.29 Å². The van der Waals surface area contributed by atoms with Gasteiger partial charge in [0, 0.05) is 47.7 Å². The number of aromatic nitrogens is 1. The van der Waals surface area contributed by atoms with Crippen molar-refractivity contribution in [1.29, 1.82) is 0 Å². The monoisotopic (exact) mass is 634 g/mol. The van der Waals surface area contributed by atoms with Crippen LogP contribution >= 0.6 is 11.3 Å². The molecule has 7 heteroatoms. The van der Waals surface area contributed by atoms with Crippen molar-refractivity contribution in [1.82, 2.24) is 9.88 Å². The Bertz CT molecular complexity index is 1640. The molecule has 1 saturated heterocycles. The van der Waals surface area contributed by atoms with Gasteiger partial charge in [0.2, 0.25) is 0 Å². The fourth-order valence-electron chi connectivity index (χ4n) is 5.71. The van der Waals surface area contributed by atoms with Crippen LogP contribution in [0.5, 0.6) is 5.75 Å². The van der Waals surface area contributed by atoms with Crippen LogP contribution in [0.1, 0.15) is 34.6 Å². The number of piperazine rings is 1. The van der Waals surface area contributed by atoms with Gasteiger partial charge in [-0.05, 0) is 52.0 Å². The predicted molar refractivity (Wildman–Crippen MR) is 191 cm³/mol. The molecule has 1 fully saturated rings.